The summed E-state index contributed by atoms with van der Waals surface area (Å²) in [7, 11) is 1.55. The number of nitrogens with zero attached hydrogens (tertiary/aromatic N) is 3. The number of aryl methyl sites for hydroxylation is 1. The molecule has 0 atom stereocenters. The van der Waals surface area contributed by atoms with Crippen molar-refractivity contribution in [2.45, 2.75) is 13.0 Å². The molecule has 1 aliphatic heterocycles. The molecule has 1 aromatic carbocycles. The van der Waals surface area contributed by atoms with E-state index in [1.54, 1.807) is 30.0 Å². The molecule has 2 N–H and O–H groups in total. The maximum absolute atomic E-state index is 12.7. The van der Waals surface area contributed by atoms with Crippen LogP contribution in [0.3, 0.4) is 0 Å². The summed E-state index contributed by atoms with van der Waals surface area (Å²) in [6, 6.07) is 10.9. The topological polar surface area (TPSA) is 106 Å². The molecular formula is C23H18N4O4S. The summed E-state index contributed by atoms with van der Waals surface area (Å²) in [5, 5.41) is 14.5. The number of carbonyl (C=O) groups is 2. The van der Waals surface area contributed by atoms with Gasteiger partial charge in [0, 0.05) is 24.5 Å². The Kier molecular flexibility index (Phi) is 4.95. The Morgan fingerprint density at radius 1 is 1.25 bits per heavy atom. The van der Waals surface area contributed by atoms with Crippen LogP contribution in [0.4, 0.5) is 5.69 Å². The second-order valence-electron chi connectivity index (χ2n) is 7.22. The largest absolute Gasteiger partial charge is 0.495 e. The summed E-state index contributed by atoms with van der Waals surface area (Å²) in [6.45, 7) is 0.493. The molecule has 1 amide bonds. The zero-order valence-electron chi connectivity index (χ0n) is 17.0. The number of benzene rings is 1. The molecule has 4 aromatic rings. The molecule has 5 rings (SSSR count). The number of aromatic carboxylic acids is 1. The fraction of sp³-hybridized carbons (Fsp3) is 0.130. The molecule has 8 nitrogen and oxygen atoms in total. The van der Waals surface area contributed by atoms with Crippen molar-refractivity contribution in [1.82, 2.24) is 14.5 Å². The first-order chi connectivity index (χ1) is 15.6. The van der Waals surface area contributed by atoms with Crippen molar-refractivity contribution in [3.8, 4) is 27.6 Å². The summed E-state index contributed by atoms with van der Waals surface area (Å²) >= 11 is 1.50. The van der Waals surface area contributed by atoms with Gasteiger partial charge in [0.25, 0.3) is 5.91 Å². The number of methoxy groups -OCH3 is 1. The molecule has 9 heteroatoms. The summed E-state index contributed by atoms with van der Waals surface area (Å²) in [6.07, 6.45) is 3.71. The van der Waals surface area contributed by atoms with E-state index >= 15 is 0 Å². The SMILES string of the molecule is COc1cc2c(cc1NC(=O)c1cccnc1)-c1c(-c3cccs3)nc(C(=O)O)n1CC2. The number of fused-ring (bicyclic) bond motifs is 3. The van der Waals surface area contributed by atoms with Crippen molar-refractivity contribution in [3.63, 3.8) is 0 Å². The van der Waals surface area contributed by atoms with Crippen LogP contribution in [0, 0.1) is 0 Å². The normalized spacial score (nSPS) is 12.0. The van der Waals surface area contributed by atoms with Crippen LogP contribution in [-0.2, 0) is 13.0 Å². The summed E-state index contributed by atoms with van der Waals surface area (Å²) in [5.74, 6) is -0.850. The van der Waals surface area contributed by atoms with Crippen molar-refractivity contribution in [2.24, 2.45) is 0 Å². The summed E-state index contributed by atoms with van der Waals surface area (Å²) < 4.78 is 7.27. The van der Waals surface area contributed by atoms with E-state index < -0.39 is 5.97 Å². The van der Waals surface area contributed by atoms with Crippen LogP contribution in [-0.4, -0.2) is 38.6 Å². The zero-order valence-corrected chi connectivity index (χ0v) is 17.8. The number of carbonyl (C=O) groups excluding carboxylic acids is 1. The van der Waals surface area contributed by atoms with Gasteiger partial charge in [0.05, 0.1) is 28.9 Å². The predicted octanol–water partition coefficient (Wildman–Crippen LogP) is 4.19. The minimum absolute atomic E-state index is 0.00538. The third-order valence-corrected chi connectivity index (χ3v) is 6.25. The van der Waals surface area contributed by atoms with E-state index in [1.165, 1.54) is 17.5 Å². The molecule has 0 saturated carbocycles. The van der Waals surface area contributed by atoms with Crippen LogP contribution < -0.4 is 10.1 Å². The van der Waals surface area contributed by atoms with Gasteiger partial charge in [0.15, 0.2) is 0 Å². The Balaban J connectivity index is 1.66. The molecule has 0 bridgehead atoms. The molecule has 0 radical (unpaired) electrons. The van der Waals surface area contributed by atoms with Crippen LogP contribution in [0.2, 0.25) is 0 Å². The smallest absolute Gasteiger partial charge is 0.372 e. The van der Waals surface area contributed by atoms with Crippen molar-refractivity contribution >= 4 is 28.9 Å². The zero-order chi connectivity index (χ0) is 22.2. The van der Waals surface area contributed by atoms with Gasteiger partial charge in [-0.2, -0.15) is 0 Å². The molecule has 160 valence electrons. The van der Waals surface area contributed by atoms with Crippen molar-refractivity contribution in [1.29, 1.82) is 0 Å². The van der Waals surface area contributed by atoms with Crippen molar-refractivity contribution < 1.29 is 19.4 Å². The number of anilines is 1. The highest BCUT2D eigenvalue weighted by molar-refractivity contribution is 7.13. The second-order valence-corrected chi connectivity index (χ2v) is 8.17. The maximum atomic E-state index is 12.7. The van der Waals surface area contributed by atoms with Gasteiger partial charge in [-0.15, -0.1) is 11.3 Å². The Morgan fingerprint density at radius 3 is 2.81 bits per heavy atom. The Hall–Kier alpha value is -3.98. The lowest BCUT2D eigenvalue weighted by atomic mass is 9.95. The minimum Gasteiger partial charge on any atom is -0.495 e. The van der Waals surface area contributed by atoms with Crippen LogP contribution in [0.1, 0.15) is 26.5 Å². The highest BCUT2D eigenvalue weighted by atomic mass is 32.1. The molecular weight excluding hydrogens is 428 g/mol. The first kappa shape index (κ1) is 20.0. The van der Waals surface area contributed by atoms with Crippen LogP contribution in [0.15, 0.2) is 54.2 Å². The van der Waals surface area contributed by atoms with Gasteiger partial charge in [-0.3, -0.25) is 9.78 Å². The van der Waals surface area contributed by atoms with E-state index in [0.717, 1.165) is 21.7 Å². The highest BCUT2D eigenvalue weighted by Gasteiger charge is 2.29. The second kappa shape index (κ2) is 7.93. The molecule has 32 heavy (non-hydrogen) atoms. The molecule has 0 saturated heterocycles. The third kappa shape index (κ3) is 3.32. The fourth-order valence-electron chi connectivity index (χ4n) is 3.93. The van der Waals surface area contributed by atoms with E-state index in [-0.39, 0.29) is 11.7 Å². The van der Waals surface area contributed by atoms with Gasteiger partial charge in [-0.05, 0) is 47.7 Å². The van der Waals surface area contributed by atoms with Crippen LogP contribution >= 0.6 is 11.3 Å². The predicted molar refractivity (Wildman–Crippen MR) is 120 cm³/mol. The van der Waals surface area contributed by atoms with Gasteiger partial charge in [0.2, 0.25) is 5.82 Å². The maximum Gasteiger partial charge on any atom is 0.372 e. The first-order valence-electron chi connectivity index (χ1n) is 9.87. The average Bonchev–Trinajstić information content (AvgIpc) is 3.47. The van der Waals surface area contributed by atoms with Crippen molar-refractivity contribution in [2.75, 3.05) is 12.4 Å². The molecule has 0 spiro atoms. The number of hydrogen-bond donors (Lipinski definition) is 2. The van der Waals surface area contributed by atoms with Crippen LogP contribution in [0.25, 0.3) is 21.8 Å². The van der Waals surface area contributed by atoms with Crippen LogP contribution in [0.5, 0.6) is 5.75 Å². The number of nitrogens with one attached hydrogen (secondary N) is 1. The number of carboxylic acid groups (broad SMARTS) is 1. The molecule has 1 aliphatic rings. The molecule has 0 aliphatic carbocycles. The van der Waals surface area contributed by atoms with E-state index in [1.807, 2.05) is 29.6 Å². The summed E-state index contributed by atoms with van der Waals surface area (Å²) in [4.78, 5) is 33.9. The quantitative estimate of drug-likeness (QED) is 0.476. The number of rotatable bonds is 5. The number of amides is 1. The van der Waals surface area contributed by atoms with Gasteiger partial charge >= 0.3 is 5.97 Å². The number of hydrogen-bond acceptors (Lipinski definition) is 6. The van der Waals surface area contributed by atoms with E-state index in [9.17, 15) is 14.7 Å². The Morgan fingerprint density at radius 2 is 2.12 bits per heavy atom. The Labute approximate surface area is 187 Å². The third-order valence-electron chi connectivity index (χ3n) is 5.37. The lowest BCUT2D eigenvalue weighted by Gasteiger charge is -2.23. The number of imidazole rings is 1. The van der Waals surface area contributed by atoms with Gasteiger partial charge < -0.3 is 19.7 Å². The molecule has 0 unspecified atom stereocenters. The summed E-state index contributed by atoms with van der Waals surface area (Å²) in [5.41, 5.74) is 4.08. The minimum atomic E-state index is -1.07. The van der Waals surface area contributed by atoms with E-state index in [4.69, 9.17) is 4.74 Å². The van der Waals surface area contributed by atoms with Gasteiger partial charge in [0.1, 0.15) is 11.4 Å². The average molecular weight is 446 g/mol. The number of carboxylic acids is 1. The molecule has 0 fully saturated rings. The number of pyridine rings is 1. The Bertz CT molecular complexity index is 1330. The van der Waals surface area contributed by atoms with E-state index in [0.29, 0.717) is 35.7 Å². The number of ether oxygens (including phenoxy) is 1. The number of thiophene rings is 1. The monoisotopic (exact) mass is 446 g/mol. The molecule has 4 heterocycles. The fourth-order valence-corrected chi connectivity index (χ4v) is 4.65. The number of aromatic nitrogens is 3. The lowest BCUT2D eigenvalue weighted by molar-refractivity contribution is 0.0678. The standard InChI is InChI=1S/C23H18N4O4S/c1-31-17-10-13-6-8-27-20(19(18-5-3-9-32-18)26-21(27)23(29)30)15(13)11-16(17)25-22(28)14-4-2-7-24-12-14/h2-5,7,9-12H,6,8H2,1H3,(H,25,28)(H,29,30). The van der Waals surface area contributed by atoms with Crippen molar-refractivity contribution in [3.05, 3.63) is 71.1 Å². The highest BCUT2D eigenvalue weighted by Crippen LogP contribution is 2.43. The van der Waals surface area contributed by atoms with E-state index in [2.05, 4.69) is 15.3 Å². The van der Waals surface area contributed by atoms with Gasteiger partial charge in [-0.1, -0.05) is 6.07 Å². The first-order valence-corrected chi connectivity index (χ1v) is 10.7. The lowest BCUT2D eigenvalue weighted by Crippen LogP contribution is -2.18. The van der Waals surface area contributed by atoms with Gasteiger partial charge in [-0.25, -0.2) is 9.78 Å². The molecule has 3 aromatic heterocycles.